The highest BCUT2D eigenvalue weighted by Crippen LogP contribution is 2.16. The Kier molecular flexibility index (Phi) is 5.53. The van der Waals surface area contributed by atoms with Crippen LogP contribution >= 0.6 is 0 Å². The molecule has 0 unspecified atom stereocenters. The van der Waals surface area contributed by atoms with E-state index in [2.05, 4.69) is 22.3 Å². The average Bonchev–Trinajstić information content (AvgIpc) is 2.66. The molecule has 134 valence electrons. The topological polar surface area (TPSA) is 73.0 Å². The van der Waals surface area contributed by atoms with E-state index >= 15 is 0 Å². The number of piperazine rings is 2. The second-order valence-corrected chi connectivity index (χ2v) is 6.37. The lowest BCUT2D eigenvalue weighted by Crippen LogP contribution is -2.50. The number of hydrogen-bond donors (Lipinski definition) is 1. The minimum atomic E-state index is -0.136. The summed E-state index contributed by atoms with van der Waals surface area (Å²) in [7, 11) is 0. The van der Waals surface area contributed by atoms with Gasteiger partial charge < -0.3 is 20.0 Å². The van der Waals surface area contributed by atoms with Crippen molar-refractivity contribution in [1.82, 2.24) is 15.1 Å². The molecule has 3 amide bonds. The number of carbonyl (C=O) groups excluding carboxylic acids is 3. The largest absolute Gasteiger partial charge is 0.368 e. The van der Waals surface area contributed by atoms with Crippen molar-refractivity contribution >= 4 is 23.4 Å². The SMILES string of the molecule is O=C1CN(C(=O)CCC(=O)N2CCN(c3ccccc3)CC2)CCN1. The molecule has 0 saturated carbocycles. The lowest BCUT2D eigenvalue weighted by molar-refractivity contribution is -0.140. The summed E-state index contributed by atoms with van der Waals surface area (Å²) in [5.41, 5.74) is 1.17. The normalized spacial score (nSPS) is 18.1. The molecule has 7 heteroatoms. The minimum Gasteiger partial charge on any atom is -0.368 e. The highest BCUT2D eigenvalue weighted by molar-refractivity contribution is 5.88. The van der Waals surface area contributed by atoms with Crippen LogP contribution in [0.2, 0.25) is 0 Å². The van der Waals surface area contributed by atoms with Gasteiger partial charge in [-0.05, 0) is 12.1 Å². The number of nitrogens with zero attached hydrogens (tertiary/aromatic N) is 3. The van der Waals surface area contributed by atoms with Crippen molar-refractivity contribution in [3.8, 4) is 0 Å². The summed E-state index contributed by atoms with van der Waals surface area (Å²) in [6.45, 7) is 4.06. The molecule has 2 heterocycles. The average molecular weight is 344 g/mol. The Hall–Kier alpha value is -2.57. The molecule has 2 aliphatic rings. The van der Waals surface area contributed by atoms with E-state index in [9.17, 15) is 14.4 Å². The molecular formula is C18H24N4O3. The first-order valence-corrected chi connectivity index (χ1v) is 8.76. The lowest BCUT2D eigenvalue weighted by atomic mass is 10.2. The van der Waals surface area contributed by atoms with Crippen LogP contribution in [0.1, 0.15) is 12.8 Å². The van der Waals surface area contributed by atoms with E-state index in [0.29, 0.717) is 26.2 Å². The number of nitrogens with one attached hydrogen (secondary N) is 1. The molecule has 2 fully saturated rings. The minimum absolute atomic E-state index is 0.0162. The zero-order valence-corrected chi connectivity index (χ0v) is 14.3. The monoisotopic (exact) mass is 344 g/mol. The van der Waals surface area contributed by atoms with E-state index in [-0.39, 0.29) is 37.1 Å². The third-order valence-electron chi connectivity index (χ3n) is 4.70. The molecule has 0 spiro atoms. The standard InChI is InChI=1S/C18H24N4O3/c23-16-14-22(9-8-19-16)18(25)7-6-17(24)21-12-10-20(11-13-21)15-4-2-1-3-5-15/h1-5H,6-14H2,(H,19,23). The predicted octanol–water partition coefficient (Wildman–Crippen LogP) is 0.0738. The highest BCUT2D eigenvalue weighted by Gasteiger charge is 2.24. The van der Waals surface area contributed by atoms with Gasteiger partial charge in [0.25, 0.3) is 0 Å². The van der Waals surface area contributed by atoms with Gasteiger partial charge in [0, 0.05) is 57.8 Å². The van der Waals surface area contributed by atoms with Crippen LogP contribution < -0.4 is 10.2 Å². The van der Waals surface area contributed by atoms with Crippen LogP contribution in [0.3, 0.4) is 0 Å². The number of anilines is 1. The second-order valence-electron chi connectivity index (χ2n) is 6.37. The van der Waals surface area contributed by atoms with Crippen LogP contribution in [0.25, 0.3) is 0 Å². The molecule has 7 nitrogen and oxygen atoms in total. The van der Waals surface area contributed by atoms with Gasteiger partial charge in [-0.15, -0.1) is 0 Å². The maximum Gasteiger partial charge on any atom is 0.239 e. The van der Waals surface area contributed by atoms with E-state index in [1.54, 1.807) is 0 Å². The number of amides is 3. The highest BCUT2D eigenvalue weighted by atomic mass is 16.2. The molecule has 1 aromatic rings. The molecule has 1 N–H and O–H groups in total. The fourth-order valence-electron chi connectivity index (χ4n) is 3.23. The van der Waals surface area contributed by atoms with Gasteiger partial charge in [-0.1, -0.05) is 18.2 Å². The molecule has 2 aliphatic heterocycles. The second kappa shape index (κ2) is 8.00. The van der Waals surface area contributed by atoms with Gasteiger partial charge in [0.1, 0.15) is 0 Å². The number of para-hydroxylation sites is 1. The van der Waals surface area contributed by atoms with Crippen molar-refractivity contribution in [2.24, 2.45) is 0 Å². The first-order chi connectivity index (χ1) is 12.1. The van der Waals surface area contributed by atoms with Crippen molar-refractivity contribution in [2.75, 3.05) is 50.7 Å². The van der Waals surface area contributed by atoms with Crippen LogP contribution in [0.4, 0.5) is 5.69 Å². The Morgan fingerprint density at radius 2 is 1.52 bits per heavy atom. The molecule has 2 saturated heterocycles. The van der Waals surface area contributed by atoms with Crippen LogP contribution in [0, 0.1) is 0 Å². The van der Waals surface area contributed by atoms with E-state index in [4.69, 9.17) is 0 Å². The Morgan fingerprint density at radius 1 is 0.880 bits per heavy atom. The summed E-state index contributed by atoms with van der Waals surface area (Å²) >= 11 is 0. The third kappa shape index (κ3) is 4.49. The molecule has 25 heavy (non-hydrogen) atoms. The third-order valence-corrected chi connectivity index (χ3v) is 4.70. The lowest BCUT2D eigenvalue weighted by Gasteiger charge is -2.36. The van der Waals surface area contributed by atoms with E-state index < -0.39 is 0 Å². The molecule has 0 radical (unpaired) electrons. The van der Waals surface area contributed by atoms with Crippen LogP contribution in [-0.2, 0) is 14.4 Å². The summed E-state index contributed by atoms with van der Waals surface area (Å²) in [6.07, 6.45) is 0.382. The first kappa shape index (κ1) is 17.3. The molecule has 0 atom stereocenters. The van der Waals surface area contributed by atoms with Crippen LogP contribution in [0.15, 0.2) is 30.3 Å². The van der Waals surface area contributed by atoms with E-state index in [1.807, 2.05) is 23.1 Å². The van der Waals surface area contributed by atoms with Crippen LogP contribution in [-0.4, -0.2) is 73.3 Å². The van der Waals surface area contributed by atoms with Gasteiger partial charge in [0.15, 0.2) is 0 Å². The zero-order valence-electron chi connectivity index (χ0n) is 14.3. The zero-order chi connectivity index (χ0) is 17.6. The van der Waals surface area contributed by atoms with Gasteiger partial charge in [-0.2, -0.15) is 0 Å². The number of carbonyl (C=O) groups is 3. The molecular weight excluding hydrogens is 320 g/mol. The Morgan fingerprint density at radius 3 is 2.16 bits per heavy atom. The fraction of sp³-hybridized carbons (Fsp3) is 0.500. The number of hydrogen-bond acceptors (Lipinski definition) is 4. The van der Waals surface area contributed by atoms with Gasteiger partial charge in [-0.25, -0.2) is 0 Å². The van der Waals surface area contributed by atoms with E-state index in [1.165, 1.54) is 10.6 Å². The summed E-state index contributed by atoms with van der Waals surface area (Å²) in [6, 6.07) is 10.2. The predicted molar refractivity (Wildman–Crippen MR) is 94.1 cm³/mol. The summed E-state index contributed by atoms with van der Waals surface area (Å²) < 4.78 is 0. The maximum absolute atomic E-state index is 12.4. The van der Waals surface area contributed by atoms with Crippen molar-refractivity contribution in [1.29, 1.82) is 0 Å². The summed E-state index contributed by atoms with van der Waals surface area (Å²) in [4.78, 5) is 41.4. The van der Waals surface area contributed by atoms with Crippen molar-refractivity contribution in [3.05, 3.63) is 30.3 Å². The first-order valence-electron chi connectivity index (χ1n) is 8.76. The van der Waals surface area contributed by atoms with Gasteiger partial charge in [0.2, 0.25) is 17.7 Å². The maximum atomic E-state index is 12.4. The molecule has 3 rings (SSSR count). The fourth-order valence-corrected chi connectivity index (χ4v) is 3.23. The van der Waals surface area contributed by atoms with Gasteiger partial charge >= 0.3 is 0 Å². The number of rotatable bonds is 4. The van der Waals surface area contributed by atoms with Gasteiger partial charge in [-0.3, -0.25) is 14.4 Å². The van der Waals surface area contributed by atoms with Crippen molar-refractivity contribution < 1.29 is 14.4 Å². The van der Waals surface area contributed by atoms with Crippen molar-refractivity contribution in [3.63, 3.8) is 0 Å². The number of benzene rings is 1. The van der Waals surface area contributed by atoms with Crippen LogP contribution in [0.5, 0.6) is 0 Å². The summed E-state index contributed by atoms with van der Waals surface area (Å²) in [5.74, 6) is -0.239. The quantitative estimate of drug-likeness (QED) is 0.839. The molecule has 0 aromatic heterocycles. The Labute approximate surface area is 147 Å². The summed E-state index contributed by atoms with van der Waals surface area (Å²) in [5, 5.41) is 2.69. The molecule has 0 aliphatic carbocycles. The Balaban J connectivity index is 1.42. The van der Waals surface area contributed by atoms with Crippen molar-refractivity contribution in [2.45, 2.75) is 12.8 Å². The smallest absolute Gasteiger partial charge is 0.239 e. The molecule has 0 bridgehead atoms. The van der Waals surface area contributed by atoms with Gasteiger partial charge in [0.05, 0.1) is 6.54 Å². The Bertz CT molecular complexity index is 626. The van der Waals surface area contributed by atoms with E-state index in [0.717, 1.165) is 13.1 Å². The molecule has 1 aromatic carbocycles.